The minimum Gasteiger partial charge on any atom is -0.461 e. The first kappa shape index (κ1) is 16.8. The number of furan rings is 1. The summed E-state index contributed by atoms with van der Waals surface area (Å²) in [6.07, 6.45) is 2.32. The lowest BCUT2D eigenvalue weighted by Crippen LogP contribution is -2.39. The van der Waals surface area contributed by atoms with Crippen molar-refractivity contribution in [1.82, 2.24) is 25.4 Å². The molecule has 1 aromatic carbocycles. The Bertz CT molecular complexity index is 794. The first-order valence-electron chi connectivity index (χ1n) is 8.17. The maximum atomic E-state index is 5.29. The molecule has 0 saturated heterocycles. The molecule has 0 saturated carbocycles. The lowest BCUT2D eigenvalue weighted by Gasteiger charge is -2.22. The maximum absolute atomic E-state index is 5.29. The number of hydrogen-bond acceptors (Lipinski definition) is 4. The number of H-pyrrole nitrogens is 1. The molecule has 3 aromatic rings. The molecular formula is C18H22N6O. The Morgan fingerprint density at radius 2 is 2.08 bits per heavy atom. The van der Waals surface area contributed by atoms with Crippen molar-refractivity contribution in [1.29, 1.82) is 0 Å². The molecule has 130 valence electrons. The largest absolute Gasteiger partial charge is 0.461 e. The lowest BCUT2D eigenvalue weighted by atomic mass is 10.2. The quantitative estimate of drug-likeness (QED) is 0.532. The molecule has 25 heavy (non-hydrogen) atoms. The minimum absolute atomic E-state index is 0.575. The SMILES string of the molecule is CN=C(NCCc1nc(-c2ccco2)n[nH]1)N(C)Cc1ccccc1. The van der Waals surface area contributed by atoms with E-state index in [-0.39, 0.29) is 0 Å². The zero-order valence-electron chi connectivity index (χ0n) is 14.4. The zero-order valence-corrected chi connectivity index (χ0v) is 14.4. The summed E-state index contributed by atoms with van der Waals surface area (Å²) in [5, 5.41) is 10.5. The number of aromatic nitrogens is 3. The van der Waals surface area contributed by atoms with Crippen LogP contribution in [0.25, 0.3) is 11.6 Å². The fourth-order valence-electron chi connectivity index (χ4n) is 2.53. The van der Waals surface area contributed by atoms with Crippen LogP contribution in [0.3, 0.4) is 0 Å². The van der Waals surface area contributed by atoms with Gasteiger partial charge in [0, 0.05) is 33.6 Å². The molecule has 0 radical (unpaired) electrons. The molecule has 0 aliphatic heterocycles. The van der Waals surface area contributed by atoms with Crippen molar-refractivity contribution in [2.24, 2.45) is 4.99 Å². The monoisotopic (exact) mass is 338 g/mol. The van der Waals surface area contributed by atoms with Crippen LogP contribution in [0, 0.1) is 0 Å². The summed E-state index contributed by atoms with van der Waals surface area (Å²) in [6.45, 7) is 1.50. The van der Waals surface area contributed by atoms with Gasteiger partial charge in [0.25, 0.3) is 0 Å². The van der Waals surface area contributed by atoms with Crippen molar-refractivity contribution >= 4 is 5.96 Å². The first-order valence-corrected chi connectivity index (χ1v) is 8.17. The molecule has 7 heteroatoms. The molecule has 0 aliphatic rings. The molecule has 0 fully saturated rings. The number of rotatable bonds is 6. The van der Waals surface area contributed by atoms with Crippen molar-refractivity contribution in [2.45, 2.75) is 13.0 Å². The van der Waals surface area contributed by atoms with Crippen LogP contribution in [0.1, 0.15) is 11.4 Å². The molecule has 0 spiro atoms. The molecule has 7 nitrogen and oxygen atoms in total. The standard InChI is InChI=1S/C18H22N6O/c1-19-18(24(2)13-14-7-4-3-5-8-14)20-11-10-16-21-17(23-22-16)15-9-6-12-25-15/h3-9,12H,10-11,13H2,1-2H3,(H,19,20)(H,21,22,23). The number of guanidine groups is 1. The minimum atomic E-state index is 0.575. The Morgan fingerprint density at radius 1 is 1.24 bits per heavy atom. The van der Waals surface area contributed by atoms with Crippen LogP contribution in [0.2, 0.25) is 0 Å². The molecule has 0 amide bonds. The highest BCUT2D eigenvalue weighted by molar-refractivity contribution is 5.79. The van der Waals surface area contributed by atoms with Crippen molar-refractivity contribution in [3.63, 3.8) is 0 Å². The number of benzene rings is 1. The summed E-state index contributed by atoms with van der Waals surface area (Å²) < 4.78 is 5.29. The third kappa shape index (κ3) is 4.47. The van der Waals surface area contributed by atoms with Gasteiger partial charge in [0.05, 0.1) is 6.26 Å². The van der Waals surface area contributed by atoms with E-state index in [1.54, 1.807) is 13.3 Å². The van der Waals surface area contributed by atoms with E-state index < -0.39 is 0 Å². The Kier molecular flexibility index (Phi) is 5.46. The smallest absolute Gasteiger partial charge is 0.216 e. The Balaban J connectivity index is 1.50. The van der Waals surface area contributed by atoms with Gasteiger partial charge in [-0.1, -0.05) is 30.3 Å². The van der Waals surface area contributed by atoms with E-state index in [1.165, 1.54) is 5.56 Å². The average Bonchev–Trinajstić information content (AvgIpc) is 3.31. The average molecular weight is 338 g/mol. The predicted octanol–water partition coefficient (Wildman–Crippen LogP) is 2.31. The highest BCUT2D eigenvalue weighted by atomic mass is 16.3. The molecule has 0 unspecified atom stereocenters. The molecule has 3 rings (SSSR count). The van der Waals surface area contributed by atoms with E-state index in [1.807, 2.05) is 37.4 Å². The highest BCUT2D eigenvalue weighted by Crippen LogP contribution is 2.14. The van der Waals surface area contributed by atoms with E-state index >= 15 is 0 Å². The second kappa shape index (κ2) is 8.14. The van der Waals surface area contributed by atoms with Crippen LogP contribution in [0.5, 0.6) is 0 Å². The van der Waals surface area contributed by atoms with Gasteiger partial charge in [0.2, 0.25) is 5.82 Å². The van der Waals surface area contributed by atoms with Crippen molar-refractivity contribution in [3.05, 3.63) is 60.1 Å². The van der Waals surface area contributed by atoms with Crippen molar-refractivity contribution in [2.75, 3.05) is 20.6 Å². The van der Waals surface area contributed by atoms with E-state index in [0.717, 1.165) is 18.3 Å². The number of aliphatic imine (C=N–C) groups is 1. The van der Waals surface area contributed by atoms with Crippen LogP contribution in [0.15, 0.2) is 58.1 Å². The predicted molar refractivity (Wildman–Crippen MR) is 97.1 cm³/mol. The second-order valence-electron chi connectivity index (χ2n) is 5.65. The number of hydrogen-bond donors (Lipinski definition) is 2. The number of nitrogens with one attached hydrogen (secondary N) is 2. The van der Waals surface area contributed by atoms with Crippen LogP contribution >= 0.6 is 0 Å². The molecular weight excluding hydrogens is 316 g/mol. The van der Waals surface area contributed by atoms with E-state index in [0.29, 0.717) is 24.6 Å². The van der Waals surface area contributed by atoms with Gasteiger partial charge in [-0.2, -0.15) is 5.10 Å². The summed E-state index contributed by atoms with van der Waals surface area (Å²) in [4.78, 5) is 10.9. The van der Waals surface area contributed by atoms with Gasteiger partial charge in [0.15, 0.2) is 11.7 Å². The van der Waals surface area contributed by atoms with Crippen molar-refractivity contribution < 1.29 is 4.42 Å². The third-order valence-electron chi connectivity index (χ3n) is 3.75. The molecule has 0 atom stereocenters. The Hall–Kier alpha value is -3.09. The number of nitrogens with zero attached hydrogens (tertiary/aromatic N) is 4. The summed E-state index contributed by atoms with van der Waals surface area (Å²) in [5.74, 6) is 2.88. The normalized spacial score (nSPS) is 11.5. The summed E-state index contributed by atoms with van der Waals surface area (Å²) in [7, 11) is 3.80. The van der Waals surface area contributed by atoms with Gasteiger partial charge in [-0.05, 0) is 17.7 Å². The van der Waals surface area contributed by atoms with Crippen LogP contribution in [-0.4, -0.2) is 46.7 Å². The molecule has 2 N–H and O–H groups in total. The van der Waals surface area contributed by atoms with Crippen LogP contribution in [0.4, 0.5) is 0 Å². The van der Waals surface area contributed by atoms with Gasteiger partial charge in [-0.15, -0.1) is 0 Å². The molecule has 2 heterocycles. The van der Waals surface area contributed by atoms with E-state index in [9.17, 15) is 0 Å². The van der Waals surface area contributed by atoms with Gasteiger partial charge < -0.3 is 14.6 Å². The Morgan fingerprint density at radius 3 is 2.80 bits per heavy atom. The maximum Gasteiger partial charge on any atom is 0.216 e. The summed E-state index contributed by atoms with van der Waals surface area (Å²) in [5.41, 5.74) is 1.24. The Labute approximate surface area is 146 Å². The fourth-order valence-corrected chi connectivity index (χ4v) is 2.53. The van der Waals surface area contributed by atoms with Gasteiger partial charge in [-0.3, -0.25) is 10.1 Å². The van der Waals surface area contributed by atoms with Gasteiger partial charge >= 0.3 is 0 Å². The van der Waals surface area contributed by atoms with Crippen LogP contribution in [-0.2, 0) is 13.0 Å². The topological polar surface area (TPSA) is 82.3 Å². The number of aromatic amines is 1. The zero-order chi connectivity index (χ0) is 17.5. The van der Waals surface area contributed by atoms with Gasteiger partial charge in [-0.25, -0.2) is 4.98 Å². The van der Waals surface area contributed by atoms with E-state index in [2.05, 4.69) is 42.5 Å². The summed E-state index contributed by atoms with van der Waals surface area (Å²) in [6, 6.07) is 14.0. The molecule has 2 aromatic heterocycles. The highest BCUT2D eigenvalue weighted by Gasteiger charge is 2.09. The second-order valence-corrected chi connectivity index (χ2v) is 5.65. The van der Waals surface area contributed by atoms with Crippen LogP contribution < -0.4 is 5.32 Å². The molecule has 0 bridgehead atoms. The fraction of sp³-hybridized carbons (Fsp3) is 0.278. The molecule has 0 aliphatic carbocycles. The van der Waals surface area contributed by atoms with Crippen molar-refractivity contribution in [3.8, 4) is 11.6 Å². The van der Waals surface area contributed by atoms with E-state index in [4.69, 9.17) is 4.42 Å². The van der Waals surface area contributed by atoms with Gasteiger partial charge in [0.1, 0.15) is 5.82 Å². The first-order chi connectivity index (χ1) is 12.3. The third-order valence-corrected chi connectivity index (χ3v) is 3.75. The lowest BCUT2D eigenvalue weighted by molar-refractivity contribution is 0.477. The summed E-state index contributed by atoms with van der Waals surface area (Å²) >= 11 is 0.